The van der Waals surface area contributed by atoms with Gasteiger partial charge in [0, 0.05) is 12.1 Å². The Labute approximate surface area is 99.9 Å². The molecule has 5 nitrogen and oxygen atoms in total. The lowest BCUT2D eigenvalue weighted by molar-refractivity contribution is -0.116. The molecule has 5 heteroatoms. The van der Waals surface area contributed by atoms with Crippen molar-refractivity contribution >= 4 is 17.6 Å². The Morgan fingerprint density at radius 1 is 1.41 bits per heavy atom. The second-order valence-electron chi connectivity index (χ2n) is 3.51. The van der Waals surface area contributed by atoms with Gasteiger partial charge in [-0.15, -0.1) is 0 Å². The number of rotatable bonds is 5. The number of ether oxygens (including phenoxy) is 1. The lowest BCUT2D eigenvalue weighted by Gasteiger charge is -2.06. The molecule has 1 aromatic rings. The van der Waals surface area contributed by atoms with Crippen LogP contribution >= 0.6 is 0 Å². The predicted molar refractivity (Wildman–Crippen MR) is 64.7 cm³/mol. The van der Waals surface area contributed by atoms with E-state index in [4.69, 9.17) is 5.73 Å². The fourth-order valence-corrected chi connectivity index (χ4v) is 1.33. The van der Waals surface area contributed by atoms with Gasteiger partial charge in [-0.25, -0.2) is 4.79 Å². The SMILES string of the molecule is COC(=O)c1cccc(NC(=O)CCCN)c1. The van der Waals surface area contributed by atoms with Crippen LogP contribution in [0.5, 0.6) is 0 Å². The van der Waals surface area contributed by atoms with Crippen LogP contribution in [-0.4, -0.2) is 25.5 Å². The normalized spacial score (nSPS) is 9.76. The molecule has 0 radical (unpaired) electrons. The molecule has 17 heavy (non-hydrogen) atoms. The first-order valence-electron chi connectivity index (χ1n) is 5.35. The molecular formula is C12H16N2O3. The summed E-state index contributed by atoms with van der Waals surface area (Å²) in [7, 11) is 1.31. The van der Waals surface area contributed by atoms with Crippen LogP contribution in [-0.2, 0) is 9.53 Å². The van der Waals surface area contributed by atoms with Gasteiger partial charge in [-0.2, -0.15) is 0 Å². The largest absolute Gasteiger partial charge is 0.465 e. The van der Waals surface area contributed by atoms with E-state index in [0.717, 1.165) is 0 Å². The second kappa shape index (κ2) is 6.65. The van der Waals surface area contributed by atoms with Crippen molar-refractivity contribution in [3.05, 3.63) is 29.8 Å². The highest BCUT2D eigenvalue weighted by Crippen LogP contribution is 2.12. The smallest absolute Gasteiger partial charge is 0.337 e. The Kier molecular flexibility index (Phi) is 5.16. The summed E-state index contributed by atoms with van der Waals surface area (Å²) < 4.78 is 4.59. The van der Waals surface area contributed by atoms with E-state index in [0.29, 0.717) is 30.6 Å². The molecule has 0 saturated carbocycles. The summed E-state index contributed by atoms with van der Waals surface area (Å²) in [6.45, 7) is 0.482. The van der Waals surface area contributed by atoms with E-state index in [2.05, 4.69) is 10.1 Å². The minimum Gasteiger partial charge on any atom is -0.465 e. The maximum absolute atomic E-state index is 11.4. The van der Waals surface area contributed by atoms with Gasteiger partial charge in [0.1, 0.15) is 0 Å². The Bertz CT molecular complexity index is 404. The Hall–Kier alpha value is -1.88. The molecule has 3 N–H and O–H groups in total. The van der Waals surface area contributed by atoms with E-state index in [9.17, 15) is 9.59 Å². The van der Waals surface area contributed by atoms with Gasteiger partial charge in [-0.1, -0.05) is 6.07 Å². The number of hydrogen-bond donors (Lipinski definition) is 2. The second-order valence-corrected chi connectivity index (χ2v) is 3.51. The van der Waals surface area contributed by atoms with Crippen LogP contribution < -0.4 is 11.1 Å². The first-order valence-corrected chi connectivity index (χ1v) is 5.35. The number of nitrogens with one attached hydrogen (secondary N) is 1. The number of nitrogens with two attached hydrogens (primary N) is 1. The summed E-state index contributed by atoms with van der Waals surface area (Å²) >= 11 is 0. The van der Waals surface area contributed by atoms with Gasteiger partial charge < -0.3 is 15.8 Å². The zero-order chi connectivity index (χ0) is 12.7. The Morgan fingerprint density at radius 2 is 2.18 bits per heavy atom. The number of anilines is 1. The molecule has 0 atom stereocenters. The Balaban J connectivity index is 2.65. The van der Waals surface area contributed by atoms with Crippen molar-refractivity contribution in [3.8, 4) is 0 Å². The maximum Gasteiger partial charge on any atom is 0.337 e. The van der Waals surface area contributed by atoms with Crippen molar-refractivity contribution in [2.24, 2.45) is 5.73 Å². The number of benzene rings is 1. The van der Waals surface area contributed by atoms with Crippen LogP contribution in [0.2, 0.25) is 0 Å². The van der Waals surface area contributed by atoms with Crippen molar-refractivity contribution in [2.75, 3.05) is 19.0 Å². The molecule has 1 aromatic carbocycles. The van der Waals surface area contributed by atoms with Gasteiger partial charge in [-0.05, 0) is 31.2 Å². The van der Waals surface area contributed by atoms with Gasteiger partial charge >= 0.3 is 5.97 Å². The van der Waals surface area contributed by atoms with Crippen molar-refractivity contribution in [2.45, 2.75) is 12.8 Å². The average Bonchev–Trinajstić information content (AvgIpc) is 2.35. The average molecular weight is 236 g/mol. The lowest BCUT2D eigenvalue weighted by atomic mass is 10.2. The van der Waals surface area contributed by atoms with Crippen molar-refractivity contribution in [3.63, 3.8) is 0 Å². The molecule has 0 aromatic heterocycles. The van der Waals surface area contributed by atoms with Gasteiger partial charge in [0.05, 0.1) is 12.7 Å². The molecule has 0 spiro atoms. The molecule has 92 valence electrons. The zero-order valence-corrected chi connectivity index (χ0v) is 9.73. The summed E-state index contributed by atoms with van der Waals surface area (Å²) in [5.74, 6) is -0.541. The van der Waals surface area contributed by atoms with Crippen LogP contribution in [0.1, 0.15) is 23.2 Å². The van der Waals surface area contributed by atoms with E-state index in [1.807, 2.05) is 0 Å². The quantitative estimate of drug-likeness (QED) is 0.751. The zero-order valence-electron chi connectivity index (χ0n) is 9.73. The molecule has 0 fully saturated rings. The Morgan fingerprint density at radius 3 is 2.82 bits per heavy atom. The molecule has 0 saturated heterocycles. The van der Waals surface area contributed by atoms with E-state index in [1.54, 1.807) is 24.3 Å². The molecule has 0 aliphatic rings. The number of esters is 1. The third kappa shape index (κ3) is 4.24. The first-order chi connectivity index (χ1) is 8.17. The molecule has 0 unspecified atom stereocenters. The molecule has 0 heterocycles. The molecule has 1 amide bonds. The van der Waals surface area contributed by atoms with Gasteiger partial charge in [0.25, 0.3) is 0 Å². The highest BCUT2D eigenvalue weighted by Gasteiger charge is 2.07. The minimum atomic E-state index is -0.428. The summed E-state index contributed by atoms with van der Waals surface area (Å²) in [5.41, 5.74) is 6.30. The predicted octanol–water partition coefficient (Wildman–Crippen LogP) is 1.15. The minimum absolute atomic E-state index is 0.113. The third-order valence-corrected chi connectivity index (χ3v) is 2.18. The topological polar surface area (TPSA) is 81.4 Å². The first kappa shape index (κ1) is 13.2. The number of carbonyl (C=O) groups is 2. The van der Waals surface area contributed by atoms with Crippen LogP contribution in [0.4, 0.5) is 5.69 Å². The number of hydrogen-bond acceptors (Lipinski definition) is 4. The van der Waals surface area contributed by atoms with E-state index in [1.165, 1.54) is 7.11 Å². The van der Waals surface area contributed by atoms with E-state index in [-0.39, 0.29) is 5.91 Å². The molecule has 1 rings (SSSR count). The summed E-state index contributed by atoms with van der Waals surface area (Å²) in [4.78, 5) is 22.7. The van der Waals surface area contributed by atoms with E-state index < -0.39 is 5.97 Å². The van der Waals surface area contributed by atoms with Crippen LogP contribution in [0.15, 0.2) is 24.3 Å². The maximum atomic E-state index is 11.4. The summed E-state index contributed by atoms with van der Waals surface area (Å²) in [5, 5.41) is 2.69. The fourth-order valence-electron chi connectivity index (χ4n) is 1.33. The van der Waals surface area contributed by atoms with Gasteiger partial charge in [-0.3, -0.25) is 4.79 Å². The molecule has 0 aliphatic heterocycles. The van der Waals surface area contributed by atoms with Crippen LogP contribution in [0, 0.1) is 0 Å². The van der Waals surface area contributed by atoms with Crippen molar-refractivity contribution in [1.82, 2.24) is 0 Å². The summed E-state index contributed by atoms with van der Waals surface area (Å²) in [6.07, 6.45) is 1.02. The van der Waals surface area contributed by atoms with Crippen molar-refractivity contribution in [1.29, 1.82) is 0 Å². The van der Waals surface area contributed by atoms with Gasteiger partial charge in [0.2, 0.25) is 5.91 Å². The monoisotopic (exact) mass is 236 g/mol. The third-order valence-electron chi connectivity index (χ3n) is 2.18. The lowest BCUT2D eigenvalue weighted by Crippen LogP contribution is -2.13. The highest BCUT2D eigenvalue weighted by atomic mass is 16.5. The van der Waals surface area contributed by atoms with E-state index >= 15 is 0 Å². The highest BCUT2D eigenvalue weighted by molar-refractivity contribution is 5.94. The number of methoxy groups -OCH3 is 1. The number of carbonyl (C=O) groups excluding carboxylic acids is 2. The fraction of sp³-hybridized carbons (Fsp3) is 0.333. The van der Waals surface area contributed by atoms with Crippen LogP contribution in [0.25, 0.3) is 0 Å². The number of amides is 1. The summed E-state index contributed by atoms with van der Waals surface area (Å²) in [6, 6.07) is 6.60. The molecular weight excluding hydrogens is 220 g/mol. The van der Waals surface area contributed by atoms with Gasteiger partial charge in [0.15, 0.2) is 0 Å². The van der Waals surface area contributed by atoms with Crippen molar-refractivity contribution < 1.29 is 14.3 Å². The molecule has 0 aliphatic carbocycles. The molecule has 0 bridgehead atoms. The standard InChI is InChI=1S/C12H16N2O3/c1-17-12(16)9-4-2-5-10(8-9)14-11(15)6-3-7-13/h2,4-5,8H,3,6-7,13H2,1H3,(H,14,15). The van der Waals surface area contributed by atoms with Crippen LogP contribution in [0.3, 0.4) is 0 Å².